The summed E-state index contributed by atoms with van der Waals surface area (Å²) in [6.45, 7) is 0. The maximum absolute atomic E-state index is 11.2. The Morgan fingerprint density at radius 3 is 1.38 bits per heavy atom. The van der Waals surface area contributed by atoms with E-state index in [1.54, 1.807) is 24.3 Å². The summed E-state index contributed by atoms with van der Waals surface area (Å²) in [4.78, 5) is 22.3. The normalized spacial score (nSPS) is 12.9. The van der Waals surface area contributed by atoms with Crippen LogP contribution in [0, 0.1) is 0 Å². The number of rotatable bonds is 6. The number of methoxy groups -OCH3 is 4. The van der Waals surface area contributed by atoms with E-state index >= 15 is 0 Å². The molecule has 2 N–H and O–H groups in total. The van der Waals surface area contributed by atoms with Gasteiger partial charge in [-0.05, 0) is 0 Å². The Labute approximate surface area is 145 Å². The zero-order chi connectivity index (χ0) is 18.0. The van der Waals surface area contributed by atoms with Crippen molar-refractivity contribution in [2.45, 2.75) is 0 Å². The number of hydrogen-bond donors (Lipinski definition) is 2. The van der Waals surface area contributed by atoms with Gasteiger partial charge in [-0.15, -0.1) is 0 Å². The topological polar surface area (TPSA) is 77.4 Å². The van der Waals surface area contributed by atoms with Crippen LogP contribution >= 0.6 is 17.7 Å². The molecule has 8 heteroatoms. The van der Waals surface area contributed by atoms with Crippen LogP contribution in [-0.4, -0.2) is 38.2 Å². The second-order valence-corrected chi connectivity index (χ2v) is 9.67. The molecule has 132 valence electrons. The third-order valence-corrected chi connectivity index (χ3v) is 7.12. The zero-order valence-electron chi connectivity index (χ0n) is 13.8. The van der Waals surface area contributed by atoms with Gasteiger partial charge in [-0.1, -0.05) is 0 Å². The third-order valence-electron chi connectivity index (χ3n) is 3.62. The van der Waals surface area contributed by atoms with Crippen molar-refractivity contribution in [1.82, 2.24) is 0 Å². The molecular formula is C16H20ClO6P. The fraction of sp³-hybridized carbons (Fsp3) is 0.250. The molecule has 0 unspecified atom stereocenters. The van der Waals surface area contributed by atoms with E-state index in [0.29, 0.717) is 11.5 Å². The van der Waals surface area contributed by atoms with Crippen molar-refractivity contribution < 1.29 is 28.7 Å². The summed E-state index contributed by atoms with van der Waals surface area (Å²) in [6.07, 6.45) is -5.11. The molecule has 0 amide bonds. The van der Waals surface area contributed by atoms with Crippen LogP contribution < -0.4 is 29.6 Å². The monoisotopic (exact) mass is 374 g/mol. The molecule has 2 aromatic carbocycles. The van der Waals surface area contributed by atoms with Crippen molar-refractivity contribution in [3.05, 3.63) is 36.4 Å². The molecular weight excluding hydrogens is 355 g/mol. The average Bonchev–Trinajstić information content (AvgIpc) is 2.59. The molecule has 0 aliphatic rings. The summed E-state index contributed by atoms with van der Waals surface area (Å²) in [5.74, 6) is 0.939. The molecule has 0 saturated heterocycles. The Bertz CT molecular complexity index is 682. The number of halogens is 1. The van der Waals surface area contributed by atoms with Gasteiger partial charge in [0.1, 0.15) is 0 Å². The number of para-hydroxylation sites is 2. The molecule has 0 radical (unpaired) electrons. The van der Waals surface area contributed by atoms with E-state index in [2.05, 4.69) is 0 Å². The number of hydrogen-bond acceptors (Lipinski definition) is 6. The van der Waals surface area contributed by atoms with Crippen LogP contribution in [0.3, 0.4) is 0 Å². The number of benzene rings is 2. The van der Waals surface area contributed by atoms with Crippen LogP contribution in [0.4, 0.5) is 0 Å². The van der Waals surface area contributed by atoms with Crippen molar-refractivity contribution in [1.29, 1.82) is 0 Å². The Morgan fingerprint density at radius 1 is 0.708 bits per heavy atom. The summed E-state index contributed by atoms with van der Waals surface area (Å²) in [6, 6.07) is 9.42. The van der Waals surface area contributed by atoms with E-state index in [4.69, 9.17) is 30.2 Å². The Kier molecular flexibility index (Phi) is 5.16. The molecule has 6 nitrogen and oxygen atoms in total. The first kappa shape index (κ1) is 18.6. The summed E-state index contributed by atoms with van der Waals surface area (Å²) in [5, 5.41) is 0.0205. The first-order valence-electron chi connectivity index (χ1n) is 6.95. The number of ether oxygens (including phenoxy) is 4. The minimum absolute atomic E-state index is 0.0102. The standard InChI is InChI=1S/C16H20ClO6P/c1-20-11-7-5-9-13(15(11)22-3)24(17,18,19)14-10-6-8-12(21-2)16(14)23-4/h5-10,18-19H,1-4H3. The fourth-order valence-electron chi connectivity index (χ4n) is 2.49. The minimum atomic E-state index is -5.11. The van der Waals surface area contributed by atoms with Crippen LogP contribution in [0.15, 0.2) is 36.4 Å². The van der Waals surface area contributed by atoms with E-state index in [1.807, 2.05) is 0 Å². The van der Waals surface area contributed by atoms with Gasteiger partial charge < -0.3 is 0 Å². The molecule has 2 rings (SSSR count). The maximum atomic E-state index is 11.2. The molecule has 0 atom stereocenters. The van der Waals surface area contributed by atoms with E-state index in [0.717, 1.165) is 0 Å². The first-order valence-corrected chi connectivity index (χ1v) is 10.0. The van der Waals surface area contributed by atoms with Crippen LogP contribution in [-0.2, 0) is 0 Å². The van der Waals surface area contributed by atoms with Gasteiger partial charge in [0.05, 0.1) is 0 Å². The summed E-state index contributed by atoms with van der Waals surface area (Å²) in [5.41, 5.74) is 0. The van der Waals surface area contributed by atoms with E-state index in [9.17, 15) is 9.79 Å². The quantitative estimate of drug-likeness (QED) is 0.755. The predicted octanol–water partition coefficient (Wildman–Crippen LogP) is 2.19. The molecule has 24 heavy (non-hydrogen) atoms. The van der Waals surface area contributed by atoms with Gasteiger partial charge in [-0.25, -0.2) is 0 Å². The van der Waals surface area contributed by atoms with E-state index in [1.165, 1.54) is 40.6 Å². The van der Waals surface area contributed by atoms with Crippen molar-refractivity contribution >= 4 is 28.3 Å². The summed E-state index contributed by atoms with van der Waals surface area (Å²) >= 11 is 6.44. The van der Waals surface area contributed by atoms with Crippen molar-refractivity contribution in [3.8, 4) is 23.0 Å². The second kappa shape index (κ2) is 6.65. The van der Waals surface area contributed by atoms with Crippen molar-refractivity contribution in [2.75, 3.05) is 28.4 Å². The predicted molar refractivity (Wildman–Crippen MR) is 95.6 cm³/mol. The second-order valence-electron chi connectivity index (χ2n) is 4.95. The van der Waals surface area contributed by atoms with E-state index in [-0.39, 0.29) is 22.1 Å². The summed E-state index contributed by atoms with van der Waals surface area (Å²) < 4.78 is 21.0. The molecule has 0 saturated carbocycles. The van der Waals surface area contributed by atoms with Crippen LogP contribution in [0.2, 0.25) is 0 Å². The molecule has 0 heterocycles. The van der Waals surface area contributed by atoms with Gasteiger partial charge in [-0.2, -0.15) is 0 Å². The van der Waals surface area contributed by atoms with Gasteiger partial charge in [0.25, 0.3) is 0 Å². The van der Waals surface area contributed by atoms with Crippen molar-refractivity contribution in [3.63, 3.8) is 0 Å². The average molecular weight is 375 g/mol. The molecule has 0 fully saturated rings. The van der Waals surface area contributed by atoms with Gasteiger partial charge in [0.15, 0.2) is 0 Å². The SMILES string of the molecule is COc1cccc(P(O)(O)(Cl)c2cccc(OC)c2OC)c1OC. The Morgan fingerprint density at radius 2 is 1.08 bits per heavy atom. The molecule has 0 spiro atoms. The van der Waals surface area contributed by atoms with Gasteiger partial charge >= 0.3 is 145 Å². The van der Waals surface area contributed by atoms with Crippen LogP contribution in [0.25, 0.3) is 0 Å². The Hall–Kier alpha value is -1.72. The van der Waals surface area contributed by atoms with Gasteiger partial charge in [0.2, 0.25) is 0 Å². The van der Waals surface area contributed by atoms with Crippen LogP contribution in [0.1, 0.15) is 0 Å². The first-order chi connectivity index (χ1) is 11.3. The molecule has 0 aliphatic heterocycles. The molecule has 0 aliphatic carbocycles. The Balaban J connectivity index is 2.82. The zero-order valence-corrected chi connectivity index (χ0v) is 15.5. The fourth-order valence-corrected chi connectivity index (χ4v) is 5.38. The van der Waals surface area contributed by atoms with E-state index < -0.39 is 6.41 Å². The van der Waals surface area contributed by atoms with Crippen molar-refractivity contribution in [2.24, 2.45) is 0 Å². The molecule has 2 aromatic rings. The van der Waals surface area contributed by atoms with Gasteiger partial charge in [0, 0.05) is 0 Å². The summed E-state index contributed by atoms with van der Waals surface area (Å²) in [7, 11) is 5.69. The van der Waals surface area contributed by atoms with Crippen LogP contribution in [0.5, 0.6) is 23.0 Å². The molecule has 0 bridgehead atoms. The molecule has 0 aromatic heterocycles. The third kappa shape index (κ3) is 2.98. The van der Waals surface area contributed by atoms with Gasteiger partial charge in [-0.3, -0.25) is 0 Å².